The van der Waals surface area contributed by atoms with Gasteiger partial charge in [-0.3, -0.25) is 0 Å². The number of likely N-dealkylation sites (tertiary alicyclic amines) is 1. The molecule has 0 spiro atoms. The van der Waals surface area contributed by atoms with Gasteiger partial charge in [0.05, 0.1) is 0 Å². The Morgan fingerprint density at radius 3 is 3.00 bits per heavy atom. The molecule has 3 unspecified atom stereocenters. The number of fused-ring (bicyclic) bond motifs is 1. The van der Waals surface area contributed by atoms with Gasteiger partial charge in [-0.1, -0.05) is 36.6 Å². The Balaban J connectivity index is 1.87. The minimum atomic E-state index is -0.727. The van der Waals surface area contributed by atoms with Crippen LogP contribution in [0.3, 0.4) is 0 Å². The number of rotatable bonds is 0. The molecule has 1 aromatic carbocycles. The van der Waals surface area contributed by atoms with Gasteiger partial charge >= 0.3 is 6.09 Å². The van der Waals surface area contributed by atoms with Gasteiger partial charge in [0.25, 0.3) is 0 Å². The molecule has 1 aliphatic heterocycles. The predicted molar refractivity (Wildman–Crippen MR) is 81.7 cm³/mol. The van der Waals surface area contributed by atoms with Crippen molar-refractivity contribution in [1.29, 1.82) is 0 Å². The van der Waals surface area contributed by atoms with Crippen LogP contribution in [0.5, 0.6) is 0 Å². The zero-order chi connectivity index (χ0) is 14.6. The molecule has 3 aliphatic rings. The number of hydrogen-bond acceptors (Lipinski definition) is 1. The van der Waals surface area contributed by atoms with Gasteiger partial charge in [-0.15, -0.1) is 0 Å². The second-order valence-corrected chi connectivity index (χ2v) is 7.17. The minimum Gasteiger partial charge on any atom is -0.465 e. The smallest absolute Gasteiger partial charge is 0.407 e. The van der Waals surface area contributed by atoms with Crippen LogP contribution in [-0.4, -0.2) is 28.7 Å². The lowest BCUT2D eigenvalue weighted by Gasteiger charge is -2.58. The first kappa shape index (κ1) is 13.2. The van der Waals surface area contributed by atoms with Crippen molar-refractivity contribution in [2.75, 3.05) is 6.54 Å². The second-order valence-electron chi connectivity index (χ2n) is 7.17. The van der Waals surface area contributed by atoms with Gasteiger partial charge in [0, 0.05) is 18.0 Å². The lowest BCUT2D eigenvalue weighted by Crippen LogP contribution is -2.62. The number of nitrogens with zero attached hydrogens (tertiary/aromatic N) is 1. The Kier molecular flexibility index (Phi) is 2.82. The summed E-state index contributed by atoms with van der Waals surface area (Å²) in [5, 5.41) is 9.56. The van der Waals surface area contributed by atoms with E-state index in [1.807, 2.05) is 0 Å². The molecule has 1 saturated heterocycles. The van der Waals surface area contributed by atoms with E-state index >= 15 is 0 Å². The maximum absolute atomic E-state index is 11.6. The molecule has 3 atom stereocenters. The quantitative estimate of drug-likeness (QED) is 0.789. The summed E-state index contributed by atoms with van der Waals surface area (Å²) in [7, 11) is 0. The average Bonchev–Trinajstić information content (AvgIpc) is 2.48. The van der Waals surface area contributed by atoms with E-state index in [0.717, 1.165) is 12.8 Å². The van der Waals surface area contributed by atoms with Crippen LogP contribution in [-0.2, 0) is 11.8 Å². The molecule has 21 heavy (non-hydrogen) atoms. The third kappa shape index (κ3) is 1.76. The summed E-state index contributed by atoms with van der Waals surface area (Å²) in [6, 6.07) is 7.02. The van der Waals surface area contributed by atoms with Crippen molar-refractivity contribution in [1.82, 2.24) is 4.90 Å². The van der Waals surface area contributed by atoms with E-state index in [4.69, 9.17) is 0 Å². The number of piperidine rings is 1. The Labute approximate surface area is 126 Å². The fourth-order valence-electron chi connectivity index (χ4n) is 5.36. The van der Waals surface area contributed by atoms with E-state index in [1.54, 1.807) is 10.5 Å². The third-order valence-corrected chi connectivity index (χ3v) is 6.24. The van der Waals surface area contributed by atoms with Crippen molar-refractivity contribution in [3.05, 3.63) is 34.9 Å². The summed E-state index contributed by atoms with van der Waals surface area (Å²) in [6.07, 6.45) is 6.20. The molecule has 1 amide bonds. The Bertz CT molecular complexity index is 597. The van der Waals surface area contributed by atoms with Crippen LogP contribution in [0.1, 0.15) is 48.8 Å². The molecule has 2 bridgehead atoms. The molecular formula is C18H23NO2. The standard InChI is InChI=1S/C18H23NO2/c1-12-5-6-13-11-16-14-4-2-3-7-18(14,15(13)10-12)8-9-19(16)17(20)21/h5-6,10,14,16H,2-4,7-9,11H2,1H3,(H,20,21). The van der Waals surface area contributed by atoms with Crippen molar-refractivity contribution >= 4 is 6.09 Å². The number of amides is 1. The van der Waals surface area contributed by atoms with Crippen molar-refractivity contribution in [2.45, 2.75) is 56.9 Å². The minimum absolute atomic E-state index is 0.201. The zero-order valence-electron chi connectivity index (χ0n) is 12.6. The summed E-state index contributed by atoms with van der Waals surface area (Å²) in [6.45, 7) is 2.89. The topological polar surface area (TPSA) is 40.5 Å². The Morgan fingerprint density at radius 2 is 2.19 bits per heavy atom. The summed E-state index contributed by atoms with van der Waals surface area (Å²) in [5.41, 5.74) is 4.55. The van der Waals surface area contributed by atoms with Crippen molar-refractivity contribution in [3.63, 3.8) is 0 Å². The van der Waals surface area contributed by atoms with E-state index in [1.165, 1.54) is 36.8 Å². The van der Waals surface area contributed by atoms with Crippen LogP contribution in [0, 0.1) is 12.8 Å². The molecule has 3 heteroatoms. The lowest BCUT2D eigenvalue weighted by atomic mass is 9.52. The molecule has 112 valence electrons. The van der Waals surface area contributed by atoms with Crippen molar-refractivity contribution in [3.8, 4) is 0 Å². The average molecular weight is 285 g/mol. The second kappa shape index (κ2) is 4.49. The largest absolute Gasteiger partial charge is 0.465 e. The van der Waals surface area contributed by atoms with Crippen molar-refractivity contribution < 1.29 is 9.90 Å². The molecule has 1 saturated carbocycles. The summed E-state index contributed by atoms with van der Waals surface area (Å²) in [5.74, 6) is 0.533. The monoisotopic (exact) mass is 285 g/mol. The van der Waals surface area contributed by atoms with E-state index in [-0.39, 0.29) is 11.5 Å². The van der Waals surface area contributed by atoms with Gasteiger partial charge in [0.1, 0.15) is 0 Å². The molecule has 1 heterocycles. The molecule has 1 N–H and O–H groups in total. The summed E-state index contributed by atoms with van der Waals surface area (Å²) < 4.78 is 0. The van der Waals surface area contributed by atoms with Gasteiger partial charge in [-0.2, -0.15) is 0 Å². The highest BCUT2D eigenvalue weighted by molar-refractivity contribution is 5.66. The lowest BCUT2D eigenvalue weighted by molar-refractivity contribution is -0.00277. The van der Waals surface area contributed by atoms with Crippen LogP contribution in [0.2, 0.25) is 0 Å². The Morgan fingerprint density at radius 1 is 1.33 bits per heavy atom. The molecule has 4 rings (SSSR count). The number of aryl methyl sites for hydroxylation is 1. The highest BCUT2D eigenvalue weighted by atomic mass is 16.4. The first-order valence-corrected chi connectivity index (χ1v) is 8.21. The molecule has 3 nitrogen and oxygen atoms in total. The Hall–Kier alpha value is -1.51. The first-order chi connectivity index (χ1) is 10.1. The summed E-state index contributed by atoms with van der Waals surface area (Å²) >= 11 is 0. The molecule has 0 radical (unpaired) electrons. The van der Waals surface area contributed by atoms with Gasteiger partial charge in [0.2, 0.25) is 0 Å². The van der Waals surface area contributed by atoms with Crippen LogP contribution in [0.4, 0.5) is 4.79 Å². The number of benzene rings is 1. The van der Waals surface area contributed by atoms with Gasteiger partial charge in [-0.05, 0) is 49.7 Å². The normalized spacial score (nSPS) is 34.0. The first-order valence-electron chi connectivity index (χ1n) is 8.21. The maximum atomic E-state index is 11.6. The summed E-state index contributed by atoms with van der Waals surface area (Å²) in [4.78, 5) is 13.4. The highest BCUT2D eigenvalue weighted by Crippen LogP contribution is 2.55. The van der Waals surface area contributed by atoms with Crippen LogP contribution in [0.25, 0.3) is 0 Å². The van der Waals surface area contributed by atoms with Gasteiger partial charge in [0.15, 0.2) is 0 Å². The van der Waals surface area contributed by atoms with Crippen LogP contribution < -0.4 is 0 Å². The maximum Gasteiger partial charge on any atom is 0.407 e. The fourth-order valence-corrected chi connectivity index (χ4v) is 5.36. The molecule has 2 aliphatic carbocycles. The van der Waals surface area contributed by atoms with Gasteiger partial charge in [-0.25, -0.2) is 4.79 Å². The third-order valence-electron chi connectivity index (χ3n) is 6.24. The number of carbonyl (C=O) groups is 1. The molecular weight excluding hydrogens is 262 g/mol. The predicted octanol–water partition coefficient (Wildman–Crippen LogP) is 3.73. The SMILES string of the molecule is Cc1ccc2c(c1)C13CCCCC1C(C2)N(C(=O)O)CC3. The van der Waals surface area contributed by atoms with E-state index in [2.05, 4.69) is 25.1 Å². The fraction of sp³-hybridized carbons (Fsp3) is 0.611. The number of carboxylic acid groups (broad SMARTS) is 1. The van der Waals surface area contributed by atoms with E-state index in [9.17, 15) is 9.90 Å². The molecule has 2 fully saturated rings. The van der Waals surface area contributed by atoms with Crippen LogP contribution >= 0.6 is 0 Å². The molecule has 0 aromatic heterocycles. The van der Waals surface area contributed by atoms with Crippen molar-refractivity contribution in [2.24, 2.45) is 5.92 Å². The van der Waals surface area contributed by atoms with E-state index in [0.29, 0.717) is 12.5 Å². The zero-order valence-corrected chi connectivity index (χ0v) is 12.6. The van der Waals surface area contributed by atoms with Crippen LogP contribution in [0.15, 0.2) is 18.2 Å². The van der Waals surface area contributed by atoms with E-state index < -0.39 is 6.09 Å². The number of hydrogen-bond donors (Lipinski definition) is 1. The van der Waals surface area contributed by atoms with Gasteiger partial charge < -0.3 is 10.0 Å². The molecule has 1 aromatic rings. The highest BCUT2D eigenvalue weighted by Gasteiger charge is 2.54.